The fourth-order valence-electron chi connectivity index (χ4n) is 1.65. The van der Waals surface area contributed by atoms with Crippen LogP contribution < -0.4 is 5.32 Å². The number of nitrogens with zero attached hydrogens (tertiary/aromatic N) is 1. The number of nitrogens with one attached hydrogen (secondary N) is 1. The molecule has 0 amide bonds. The van der Waals surface area contributed by atoms with Gasteiger partial charge in [0, 0.05) is 14.9 Å². The fourth-order valence-corrected chi connectivity index (χ4v) is 3.35. The van der Waals surface area contributed by atoms with Gasteiger partial charge in [-0.3, -0.25) is 0 Å². The average Bonchev–Trinajstić information content (AvgIpc) is 2.68. The number of thiazole rings is 1. The highest BCUT2D eigenvalue weighted by molar-refractivity contribution is 9.10. The van der Waals surface area contributed by atoms with Crippen molar-refractivity contribution in [3.63, 3.8) is 0 Å². The van der Waals surface area contributed by atoms with Gasteiger partial charge in [0.15, 0.2) is 0 Å². The van der Waals surface area contributed by atoms with Crippen molar-refractivity contribution < 1.29 is 0 Å². The molecule has 1 N–H and O–H groups in total. The number of hydrogen-bond donors (Lipinski definition) is 1. The summed E-state index contributed by atoms with van der Waals surface area (Å²) < 4.78 is 1.11. The summed E-state index contributed by atoms with van der Waals surface area (Å²) >= 11 is 5.36. The number of hydrogen-bond acceptors (Lipinski definition) is 3. The van der Waals surface area contributed by atoms with Crippen molar-refractivity contribution in [3.8, 4) is 10.6 Å². The molecule has 0 atom stereocenters. The normalized spacial score (nSPS) is 10.8. The van der Waals surface area contributed by atoms with Crippen molar-refractivity contribution in [3.05, 3.63) is 39.3 Å². The summed E-state index contributed by atoms with van der Waals surface area (Å²) in [5.41, 5.74) is 2.33. The lowest BCUT2D eigenvalue weighted by Gasteiger charge is -1.98. The zero-order valence-electron chi connectivity index (χ0n) is 9.96. The first-order valence-corrected chi connectivity index (χ1v) is 7.19. The van der Waals surface area contributed by atoms with E-state index in [1.54, 1.807) is 11.3 Å². The molecule has 0 saturated carbocycles. The van der Waals surface area contributed by atoms with Crippen LogP contribution in [-0.4, -0.2) is 18.6 Å². The van der Waals surface area contributed by atoms with E-state index in [2.05, 4.69) is 45.3 Å². The maximum absolute atomic E-state index is 4.66. The highest BCUT2D eigenvalue weighted by Gasteiger charge is 2.10. The molecule has 0 aliphatic carbocycles. The van der Waals surface area contributed by atoms with E-state index in [1.165, 1.54) is 10.4 Å². The van der Waals surface area contributed by atoms with Crippen LogP contribution in [0.4, 0.5) is 0 Å². The molecule has 1 aromatic heterocycles. The van der Waals surface area contributed by atoms with Gasteiger partial charge in [-0.05, 0) is 33.0 Å². The maximum Gasteiger partial charge on any atom is 0.124 e. The first kappa shape index (κ1) is 12.7. The van der Waals surface area contributed by atoms with Gasteiger partial charge in [0.25, 0.3) is 0 Å². The van der Waals surface area contributed by atoms with E-state index in [-0.39, 0.29) is 0 Å². The lowest BCUT2D eigenvalue weighted by molar-refractivity contribution is 0.795. The molecule has 2 aromatic rings. The summed E-state index contributed by atoms with van der Waals surface area (Å²) in [6, 6.07) is 8.23. The maximum atomic E-state index is 4.66. The lowest BCUT2D eigenvalue weighted by Crippen LogP contribution is -2.09. The Morgan fingerprint density at radius 2 is 2.12 bits per heavy atom. The summed E-state index contributed by atoms with van der Waals surface area (Å²) in [5.74, 6) is 0. The first-order chi connectivity index (χ1) is 8.22. The van der Waals surface area contributed by atoms with E-state index in [4.69, 9.17) is 0 Å². The molecule has 0 unspecified atom stereocenters. The van der Waals surface area contributed by atoms with Crippen molar-refractivity contribution in [1.29, 1.82) is 0 Å². The van der Waals surface area contributed by atoms with Crippen LogP contribution in [0.2, 0.25) is 0 Å². The van der Waals surface area contributed by atoms with Gasteiger partial charge >= 0.3 is 0 Å². The van der Waals surface area contributed by atoms with E-state index in [9.17, 15) is 0 Å². The van der Waals surface area contributed by atoms with Gasteiger partial charge in [0.05, 0.1) is 5.69 Å². The Bertz CT molecular complexity index is 508. The molecular weight excluding hydrogens is 296 g/mol. The third-order valence-corrected chi connectivity index (χ3v) is 4.54. The van der Waals surface area contributed by atoms with E-state index in [1.807, 2.05) is 19.2 Å². The Hall–Kier alpha value is -0.710. The minimum atomic E-state index is 0.998. The standard InChI is InChI=1S/C13H15BrN2S/c1-9-12(7-8-15-2)17-13(16-9)10-5-3-4-6-11(10)14/h3-6,15H,7-8H2,1-2H3. The minimum Gasteiger partial charge on any atom is -0.319 e. The second kappa shape index (κ2) is 5.76. The van der Waals surface area contributed by atoms with Crippen molar-refractivity contribution in [2.75, 3.05) is 13.6 Å². The molecule has 0 saturated heterocycles. The van der Waals surface area contributed by atoms with Crippen LogP contribution in [0, 0.1) is 6.92 Å². The zero-order valence-corrected chi connectivity index (χ0v) is 12.4. The van der Waals surface area contributed by atoms with Crippen LogP contribution in [0.1, 0.15) is 10.6 Å². The van der Waals surface area contributed by atoms with Crippen molar-refractivity contribution in [1.82, 2.24) is 10.3 Å². The summed E-state index contributed by atoms with van der Waals surface area (Å²) in [6.45, 7) is 3.08. The summed E-state index contributed by atoms with van der Waals surface area (Å²) in [5, 5.41) is 4.27. The van der Waals surface area contributed by atoms with Gasteiger partial charge in [-0.25, -0.2) is 4.98 Å². The van der Waals surface area contributed by atoms with Gasteiger partial charge in [0.2, 0.25) is 0 Å². The molecule has 0 bridgehead atoms. The molecule has 90 valence electrons. The smallest absolute Gasteiger partial charge is 0.124 e. The Morgan fingerprint density at radius 1 is 1.35 bits per heavy atom. The number of benzene rings is 1. The number of aromatic nitrogens is 1. The predicted octanol–water partition coefficient (Wildman–Crippen LogP) is 3.64. The molecular formula is C13H15BrN2S. The molecule has 0 aliphatic heterocycles. The zero-order chi connectivity index (χ0) is 12.3. The van der Waals surface area contributed by atoms with Crippen LogP contribution in [0.25, 0.3) is 10.6 Å². The number of aryl methyl sites for hydroxylation is 1. The largest absolute Gasteiger partial charge is 0.319 e. The van der Waals surface area contributed by atoms with E-state index in [0.29, 0.717) is 0 Å². The summed E-state index contributed by atoms with van der Waals surface area (Å²) in [4.78, 5) is 6.02. The molecule has 0 fully saturated rings. The van der Waals surface area contributed by atoms with E-state index >= 15 is 0 Å². The van der Waals surface area contributed by atoms with Crippen molar-refractivity contribution in [2.24, 2.45) is 0 Å². The Balaban J connectivity index is 2.31. The third kappa shape index (κ3) is 2.94. The predicted molar refractivity (Wildman–Crippen MR) is 77.6 cm³/mol. The lowest BCUT2D eigenvalue weighted by atomic mass is 10.2. The number of likely N-dealkylation sites (N-methyl/N-ethyl adjacent to an activating group) is 1. The van der Waals surface area contributed by atoms with Gasteiger partial charge < -0.3 is 5.32 Å². The van der Waals surface area contributed by atoms with Gasteiger partial charge in [-0.15, -0.1) is 11.3 Å². The van der Waals surface area contributed by atoms with Crippen LogP contribution in [0.5, 0.6) is 0 Å². The Kier molecular flexibility index (Phi) is 4.31. The average molecular weight is 311 g/mol. The number of rotatable bonds is 4. The first-order valence-electron chi connectivity index (χ1n) is 5.58. The summed E-state index contributed by atoms with van der Waals surface area (Å²) in [6.07, 6.45) is 1.05. The SMILES string of the molecule is CNCCc1sc(-c2ccccc2Br)nc1C. The van der Waals surface area contributed by atoms with Gasteiger partial charge in [-0.2, -0.15) is 0 Å². The van der Waals surface area contributed by atoms with E-state index < -0.39 is 0 Å². The fraction of sp³-hybridized carbons (Fsp3) is 0.308. The third-order valence-electron chi connectivity index (χ3n) is 2.60. The molecule has 4 heteroatoms. The molecule has 1 aromatic carbocycles. The highest BCUT2D eigenvalue weighted by Crippen LogP contribution is 2.32. The van der Waals surface area contributed by atoms with Crippen molar-refractivity contribution in [2.45, 2.75) is 13.3 Å². The monoisotopic (exact) mass is 310 g/mol. The number of halogens is 1. The second-order valence-electron chi connectivity index (χ2n) is 3.86. The van der Waals surface area contributed by atoms with Crippen molar-refractivity contribution >= 4 is 27.3 Å². The molecule has 0 radical (unpaired) electrons. The van der Waals surface area contributed by atoms with Gasteiger partial charge in [0.1, 0.15) is 5.01 Å². The van der Waals surface area contributed by atoms with Crippen LogP contribution >= 0.6 is 27.3 Å². The topological polar surface area (TPSA) is 24.9 Å². The highest BCUT2D eigenvalue weighted by atomic mass is 79.9. The van der Waals surface area contributed by atoms with Crippen LogP contribution in [-0.2, 0) is 6.42 Å². The van der Waals surface area contributed by atoms with Gasteiger partial charge in [-0.1, -0.05) is 34.1 Å². The molecule has 17 heavy (non-hydrogen) atoms. The van der Waals surface area contributed by atoms with E-state index in [0.717, 1.165) is 28.1 Å². The molecule has 2 rings (SSSR count). The molecule has 0 spiro atoms. The molecule has 0 aliphatic rings. The minimum absolute atomic E-state index is 0.998. The summed E-state index contributed by atoms with van der Waals surface area (Å²) in [7, 11) is 1.98. The quantitative estimate of drug-likeness (QED) is 0.932. The Labute approximate surface area is 114 Å². The van der Waals surface area contributed by atoms with Crippen LogP contribution in [0.3, 0.4) is 0 Å². The Morgan fingerprint density at radius 3 is 2.82 bits per heavy atom. The second-order valence-corrected chi connectivity index (χ2v) is 5.80. The van der Waals surface area contributed by atoms with Crippen LogP contribution in [0.15, 0.2) is 28.7 Å². The molecule has 2 nitrogen and oxygen atoms in total. The molecule has 1 heterocycles.